The van der Waals surface area contributed by atoms with Gasteiger partial charge in [0.2, 0.25) is 5.13 Å². The lowest BCUT2D eigenvalue weighted by molar-refractivity contribution is 0.206. The van der Waals surface area contributed by atoms with Crippen molar-refractivity contribution in [2.24, 2.45) is 0 Å². The molecule has 2 amide bonds. The molecule has 1 aliphatic rings. The van der Waals surface area contributed by atoms with Gasteiger partial charge in [-0.1, -0.05) is 11.3 Å². The normalized spacial score (nSPS) is 17.0. The molecule has 1 unspecified atom stereocenters. The predicted molar refractivity (Wildman–Crippen MR) is 91.9 cm³/mol. The van der Waals surface area contributed by atoms with E-state index in [4.69, 9.17) is 9.47 Å². The molecule has 0 radical (unpaired) electrons. The minimum atomic E-state index is -0.168. The minimum absolute atomic E-state index is 0.0518. The van der Waals surface area contributed by atoms with E-state index < -0.39 is 0 Å². The number of amides is 2. The fourth-order valence-corrected chi connectivity index (χ4v) is 3.52. The van der Waals surface area contributed by atoms with E-state index in [-0.39, 0.29) is 12.1 Å². The van der Waals surface area contributed by atoms with Crippen LogP contribution in [0.3, 0.4) is 0 Å². The summed E-state index contributed by atoms with van der Waals surface area (Å²) in [5.74, 6) is 1.50. The summed E-state index contributed by atoms with van der Waals surface area (Å²) in [5, 5.41) is 12.0. The van der Waals surface area contributed by atoms with Crippen LogP contribution in [0, 0.1) is 6.92 Å². The van der Waals surface area contributed by atoms with Crippen LogP contribution in [0.5, 0.6) is 11.5 Å². The second kappa shape index (κ2) is 7.04. The molecule has 0 spiro atoms. The first-order valence-corrected chi connectivity index (χ1v) is 8.53. The van der Waals surface area contributed by atoms with E-state index in [9.17, 15) is 4.79 Å². The van der Waals surface area contributed by atoms with Crippen molar-refractivity contribution in [2.75, 3.05) is 26.1 Å². The summed E-state index contributed by atoms with van der Waals surface area (Å²) in [5.41, 5.74) is 0.956. The van der Waals surface area contributed by atoms with Crippen LogP contribution in [0.4, 0.5) is 9.93 Å². The first-order valence-electron chi connectivity index (χ1n) is 7.72. The van der Waals surface area contributed by atoms with Crippen LogP contribution in [-0.4, -0.2) is 41.9 Å². The summed E-state index contributed by atoms with van der Waals surface area (Å²) < 4.78 is 10.8. The van der Waals surface area contributed by atoms with Crippen molar-refractivity contribution in [3.05, 3.63) is 28.8 Å². The van der Waals surface area contributed by atoms with E-state index in [0.717, 1.165) is 34.9 Å². The number of methoxy groups -OCH3 is 2. The fraction of sp³-hybridized carbons (Fsp3) is 0.438. The monoisotopic (exact) mass is 348 g/mol. The highest BCUT2D eigenvalue weighted by Gasteiger charge is 2.32. The Balaban J connectivity index is 1.83. The highest BCUT2D eigenvalue weighted by atomic mass is 32.1. The van der Waals surface area contributed by atoms with Gasteiger partial charge in [-0.3, -0.25) is 5.32 Å². The number of carbonyl (C=O) groups is 1. The van der Waals surface area contributed by atoms with Gasteiger partial charge in [-0.25, -0.2) is 4.79 Å². The van der Waals surface area contributed by atoms with Crippen molar-refractivity contribution < 1.29 is 14.3 Å². The van der Waals surface area contributed by atoms with E-state index >= 15 is 0 Å². The Bertz CT molecular complexity index is 734. The predicted octanol–water partition coefficient (Wildman–Crippen LogP) is 3.23. The van der Waals surface area contributed by atoms with Gasteiger partial charge in [0.05, 0.1) is 20.3 Å². The zero-order chi connectivity index (χ0) is 17.1. The van der Waals surface area contributed by atoms with Crippen LogP contribution in [0.15, 0.2) is 18.2 Å². The molecule has 1 aromatic heterocycles. The number of urea groups is 1. The number of hydrogen-bond acceptors (Lipinski definition) is 6. The van der Waals surface area contributed by atoms with Crippen LogP contribution in [0.25, 0.3) is 0 Å². The van der Waals surface area contributed by atoms with E-state index in [1.54, 1.807) is 14.2 Å². The Kier molecular flexibility index (Phi) is 4.84. The molecule has 0 aliphatic carbocycles. The molecule has 3 rings (SSSR count). The van der Waals surface area contributed by atoms with Crippen molar-refractivity contribution in [1.29, 1.82) is 0 Å². The molecule has 2 heterocycles. The minimum Gasteiger partial charge on any atom is -0.497 e. The van der Waals surface area contributed by atoms with Gasteiger partial charge in [-0.2, -0.15) is 0 Å². The van der Waals surface area contributed by atoms with Gasteiger partial charge in [0.25, 0.3) is 0 Å². The molecule has 1 aromatic carbocycles. The molecule has 128 valence electrons. The third-order valence-electron chi connectivity index (χ3n) is 4.05. The number of anilines is 1. The molecular weight excluding hydrogens is 328 g/mol. The second-order valence-corrected chi connectivity index (χ2v) is 6.70. The Morgan fingerprint density at radius 2 is 2.17 bits per heavy atom. The molecule has 0 bridgehead atoms. The average molecular weight is 348 g/mol. The molecule has 1 aliphatic heterocycles. The van der Waals surface area contributed by atoms with Crippen LogP contribution < -0.4 is 14.8 Å². The van der Waals surface area contributed by atoms with Gasteiger partial charge in [-0.15, -0.1) is 10.2 Å². The fourth-order valence-electron chi connectivity index (χ4n) is 2.94. The van der Waals surface area contributed by atoms with Crippen LogP contribution in [0.2, 0.25) is 0 Å². The molecule has 7 nitrogen and oxygen atoms in total. The number of rotatable bonds is 4. The molecule has 24 heavy (non-hydrogen) atoms. The lowest BCUT2D eigenvalue weighted by Gasteiger charge is -2.26. The smallest absolute Gasteiger partial charge is 0.324 e. The zero-order valence-electron chi connectivity index (χ0n) is 13.9. The van der Waals surface area contributed by atoms with Gasteiger partial charge >= 0.3 is 6.03 Å². The zero-order valence-corrected chi connectivity index (χ0v) is 14.7. The van der Waals surface area contributed by atoms with Crippen LogP contribution >= 0.6 is 11.3 Å². The van der Waals surface area contributed by atoms with E-state index in [0.29, 0.717) is 11.7 Å². The Hall–Kier alpha value is -2.35. The number of aryl methyl sites for hydroxylation is 1. The largest absolute Gasteiger partial charge is 0.497 e. The summed E-state index contributed by atoms with van der Waals surface area (Å²) in [4.78, 5) is 14.5. The third-order valence-corrected chi connectivity index (χ3v) is 4.80. The number of benzene rings is 1. The van der Waals surface area contributed by atoms with Crippen molar-refractivity contribution in [3.63, 3.8) is 0 Å². The number of carbonyl (C=O) groups excluding carboxylic acids is 1. The average Bonchev–Trinajstić information content (AvgIpc) is 3.23. The Morgan fingerprint density at radius 3 is 2.83 bits per heavy atom. The number of nitrogens with one attached hydrogen (secondary N) is 1. The van der Waals surface area contributed by atoms with Gasteiger partial charge in [0, 0.05) is 12.1 Å². The maximum absolute atomic E-state index is 12.6. The standard InChI is InChI=1S/C16H20N4O3S/c1-10-18-19-15(24-10)17-16(21)20-8-4-5-13(20)12-9-11(22-2)6-7-14(12)23-3/h6-7,9,13H,4-5,8H2,1-3H3,(H,17,19,21). The van der Waals surface area contributed by atoms with Gasteiger partial charge < -0.3 is 14.4 Å². The van der Waals surface area contributed by atoms with E-state index in [2.05, 4.69) is 15.5 Å². The lowest BCUT2D eigenvalue weighted by atomic mass is 10.0. The summed E-state index contributed by atoms with van der Waals surface area (Å²) in [6.45, 7) is 2.54. The molecule has 1 fully saturated rings. The maximum atomic E-state index is 12.6. The molecule has 2 aromatic rings. The SMILES string of the molecule is COc1ccc(OC)c(C2CCCN2C(=O)Nc2nnc(C)s2)c1. The molecule has 8 heteroatoms. The first-order chi connectivity index (χ1) is 11.6. The number of nitrogens with zero attached hydrogens (tertiary/aromatic N) is 3. The molecular formula is C16H20N4O3S. The van der Waals surface area contributed by atoms with Crippen LogP contribution in [-0.2, 0) is 0 Å². The Morgan fingerprint density at radius 1 is 1.33 bits per heavy atom. The maximum Gasteiger partial charge on any atom is 0.324 e. The summed E-state index contributed by atoms with van der Waals surface area (Å²) in [6.07, 6.45) is 1.82. The lowest BCUT2D eigenvalue weighted by Crippen LogP contribution is -2.34. The number of likely N-dealkylation sites (tertiary alicyclic amines) is 1. The highest BCUT2D eigenvalue weighted by molar-refractivity contribution is 7.15. The van der Waals surface area contributed by atoms with Crippen molar-refractivity contribution >= 4 is 22.5 Å². The van der Waals surface area contributed by atoms with E-state index in [1.165, 1.54) is 11.3 Å². The molecule has 0 saturated carbocycles. The number of aromatic nitrogens is 2. The van der Waals surface area contributed by atoms with Gasteiger partial charge in [-0.05, 0) is 38.0 Å². The van der Waals surface area contributed by atoms with Gasteiger partial charge in [0.1, 0.15) is 16.5 Å². The summed E-state index contributed by atoms with van der Waals surface area (Å²) >= 11 is 1.36. The second-order valence-electron chi connectivity index (χ2n) is 5.52. The van der Waals surface area contributed by atoms with Gasteiger partial charge in [0.15, 0.2) is 0 Å². The quantitative estimate of drug-likeness (QED) is 0.918. The summed E-state index contributed by atoms with van der Waals surface area (Å²) in [6, 6.07) is 5.44. The molecule has 1 N–H and O–H groups in total. The highest BCUT2D eigenvalue weighted by Crippen LogP contribution is 2.39. The van der Waals surface area contributed by atoms with Crippen LogP contribution in [0.1, 0.15) is 29.5 Å². The molecule has 1 atom stereocenters. The molecule has 1 saturated heterocycles. The van der Waals surface area contributed by atoms with Crippen molar-refractivity contribution in [2.45, 2.75) is 25.8 Å². The van der Waals surface area contributed by atoms with Crippen molar-refractivity contribution in [3.8, 4) is 11.5 Å². The van der Waals surface area contributed by atoms with Crippen molar-refractivity contribution in [1.82, 2.24) is 15.1 Å². The Labute approximate surface area is 144 Å². The van der Waals surface area contributed by atoms with E-state index in [1.807, 2.05) is 30.0 Å². The number of ether oxygens (including phenoxy) is 2. The summed E-state index contributed by atoms with van der Waals surface area (Å²) in [7, 11) is 3.26. The topological polar surface area (TPSA) is 76.6 Å². The third kappa shape index (κ3) is 3.28. The number of hydrogen-bond donors (Lipinski definition) is 1. The first kappa shape index (κ1) is 16.5.